The van der Waals surface area contributed by atoms with Crippen molar-refractivity contribution in [1.82, 2.24) is 15.6 Å². The summed E-state index contributed by atoms with van der Waals surface area (Å²) in [5.74, 6) is -1.16. The van der Waals surface area contributed by atoms with Gasteiger partial charge in [-0.05, 0) is 6.92 Å². The highest BCUT2D eigenvalue weighted by Crippen LogP contribution is 2.08. The Morgan fingerprint density at radius 2 is 2.07 bits per heavy atom. The van der Waals surface area contributed by atoms with Crippen molar-refractivity contribution < 1.29 is 9.59 Å². The molecular formula is C8H8N4O2S. The van der Waals surface area contributed by atoms with E-state index in [9.17, 15) is 9.59 Å². The summed E-state index contributed by atoms with van der Waals surface area (Å²) in [6, 6.07) is 0. The molecule has 0 atom stereocenters. The van der Waals surface area contributed by atoms with Gasteiger partial charge in [0.05, 0.1) is 17.2 Å². The molecule has 2 N–H and O–H groups in total. The zero-order valence-electron chi connectivity index (χ0n) is 7.90. The van der Waals surface area contributed by atoms with Gasteiger partial charge in [0, 0.05) is 5.38 Å². The molecule has 2 heterocycles. The van der Waals surface area contributed by atoms with Gasteiger partial charge in [-0.3, -0.25) is 20.2 Å². The molecule has 0 spiro atoms. The van der Waals surface area contributed by atoms with E-state index in [1.807, 2.05) is 12.3 Å². The highest BCUT2D eigenvalue weighted by Gasteiger charge is 2.24. The second-order valence-electron chi connectivity index (χ2n) is 2.93. The summed E-state index contributed by atoms with van der Waals surface area (Å²) in [6.07, 6.45) is 0. The van der Waals surface area contributed by atoms with Gasteiger partial charge < -0.3 is 0 Å². The van der Waals surface area contributed by atoms with Gasteiger partial charge in [-0.2, -0.15) is 0 Å². The molecule has 1 fully saturated rings. The van der Waals surface area contributed by atoms with Crippen LogP contribution in [0, 0.1) is 6.92 Å². The second-order valence-corrected chi connectivity index (χ2v) is 3.99. The Morgan fingerprint density at radius 1 is 1.40 bits per heavy atom. The average molecular weight is 224 g/mol. The molecule has 0 saturated carbocycles. The van der Waals surface area contributed by atoms with Gasteiger partial charge in [-0.15, -0.1) is 11.3 Å². The van der Waals surface area contributed by atoms with E-state index >= 15 is 0 Å². The first-order valence-corrected chi connectivity index (χ1v) is 5.11. The third-order valence-corrected chi connectivity index (χ3v) is 2.56. The van der Waals surface area contributed by atoms with Crippen LogP contribution in [0.2, 0.25) is 0 Å². The third-order valence-electron chi connectivity index (χ3n) is 1.74. The summed E-state index contributed by atoms with van der Waals surface area (Å²) in [4.78, 5) is 29.8. The number of carbonyl (C=O) groups excluding carboxylic acids is 2. The van der Waals surface area contributed by atoms with E-state index in [-0.39, 0.29) is 5.96 Å². The van der Waals surface area contributed by atoms with Crippen LogP contribution in [0.3, 0.4) is 0 Å². The number of amides is 2. The Kier molecular flexibility index (Phi) is 2.46. The van der Waals surface area contributed by atoms with E-state index in [0.29, 0.717) is 6.54 Å². The summed E-state index contributed by atoms with van der Waals surface area (Å²) < 4.78 is 0. The molecule has 1 aliphatic rings. The van der Waals surface area contributed by atoms with Crippen LogP contribution < -0.4 is 10.6 Å². The average Bonchev–Trinajstić information content (AvgIpc) is 2.72. The maximum absolute atomic E-state index is 10.8. The molecule has 1 saturated heterocycles. The Labute approximate surface area is 89.4 Å². The Hall–Kier alpha value is -1.76. The number of aryl methyl sites for hydroxylation is 1. The lowest BCUT2D eigenvalue weighted by Gasteiger charge is -1.94. The molecule has 0 unspecified atom stereocenters. The first-order valence-electron chi connectivity index (χ1n) is 4.23. The van der Waals surface area contributed by atoms with Gasteiger partial charge in [-0.25, -0.2) is 9.98 Å². The minimum absolute atomic E-state index is 0.190. The topological polar surface area (TPSA) is 83.5 Å². The SMILES string of the molecule is Cc1nc(CN=C2NC(=O)C(=O)N2)cs1. The van der Waals surface area contributed by atoms with E-state index < -0.39 is 11.8 Å². The second kappa shape index (κ2) is 3.77. The Balaban J connectivity index is 2.01. The maximum Gasteiger partial charge on any atom is 0.316 e. The molecule has 1 aliphatic heterocycles. The largest absolute Gasteiger partial charge is 0.316 e. The molecule has 2 rings (SSSR count). The molecule has 6 nitrogen and oxygen atoms in total. The molecule has 7 heteroatoms. The van der Waals surface area contributed by atoms with Crippen molar-refractivity contribution in [3.8, 4) is 0 Å². The van der Waals surface area contributed by atoms with Crippen molar-refractivity contribution in [2.24, 2.45) is 4.99 Å². The van der Waals surface area contributed by atoms with Gasteiger partial charge in [0.2, 0.25) is 5.96 Å². The lowest BCUT2D eigenvalue weighted by atomic mass is 10.5. The predicted octanol–water partition coefficient (Wildman–Crippen LogP) is -0.446. The van der Waals surface area contributed by atoms with E-state index in [4.69, 9.17) is 0 Å². The summed E-state index contributed by atoms with van der Waals surface area (Å²) >= 11 is 1.53. The van der Waals surface area contributed by atoms with Gasteiger partial charge in [0.1, 0.15) is 0 Å². The van der Waals surface area contributed by atoms with Crippen LogP contribution in [0.5, 0.6) is 0 Å². The number of nitrogens with zero attached hydrogens (tertiary/aromatic N) is 2. The van der Waals surface area contributed by atoms with Crippen LogP contribution in [-0.2, 0) is 16.1 Å². The summed E-state index contributed by atoms with van der Waals surface area (Å²) in [6.45, 7) is 2.25. The normalized spacial score (nSPS) is 15.1. The molecule has 15 heavy (non-hydrogen) atoms. The number of aromatic nitrogens is 1. The number of hydrogen-bond donors (Lipinski definition) is 2. The fraction of sp³-hybridized carbons (Fsp3) is 0.250. The molecule has 1 aromatic rings. The number of thiazole rings is 1. The summed E-state index contributed by atoms with van der Waals surface area (Å²) in [7, 11) is 0. The van der Waals surface area contributed by atoms with Crippen LogP contribution >= 0.6 is 11.3 Å². The predicted molar refractivity (Wildman–Crippen MR) is 54.3 cm³/mol. The van der Waals surface area contributed by atoms with Crippen molar-refractivity contribution in [2.75, 3.05) is 0 Å². The first kappa shape index (κ1) is 9.78. The van der Waals surface area contributed by atoms with Gasteiger partial charge in [-0.1, -0.05) is 0 Å². The van der Waals surface area contributed by atoms with Crippen molar-refractivity contribution in [3.05, 3.63) is 16.1 Å². The molecule has 0 bridgehead atoms. The van der Waals surface area contributed by atoms with Crippen molar-refractivity contribution >= 4 is 29.1 Å². The van der Waals surface area contributed by atoms with Gasteiger partial charge in [0.15, 0.2) is 0 Å². The molecular weight excluding hydrogens is 216 g/mol. The fourth-order valence-electron chi connectivity index (χ4n) is 1.08. The van der Waals surface area contributed by atoms with Gasteiger partial charge in [0.25, 0.3) is 0 Å². The molecule has 2 amide bonds. The molecule has 1 aromatic heterocycles. The molecule has 0 aromatic carbocycles. The zero-order valence-corrected chi connectivity index (χ0v) is 8.72. The Bertz CT molecular complexity index is 433. The lowest BCUT2D eigenvalue weighted by molar-refractivity contribution is -0.135. The molecule has 0 aliphatic carbocycles. The van der Waals surface area contributed by atoms with E-state index in [1.54, 1.807) is 0 Å². The number of guanidine groups is 1. The summed E-state index contributed by atoms with van der Waals surface area (Å²) in [5, 5.41) is 7.46. The minimum Gasteiger partial charge on any atom is -0.288 e. The summed E-state index contributed by atoms with van der Waals surface area (Å²) in [5.41, 5.74) is 0.820. The number of rotatable bonds is 2. The first-order chi connectivity index (χ1) is 7.15. The van der Waals surface area contributed by atoms with Crippen molar-refractivity contribution in [1.29, 1.82) is 0 Å². The van der Waals surface area contributed by atoms with Crippen LogP contribution in [0.4, 0.5) is 0 Å². The molecule has 0 radical (unpaired) electrons. The van der Waals surface area contributed by atoms with E-state index in [1.165, 1.54) is 11.3 Å². The molecule has 78 valence electrons. The monoisotopic (exact) mass is 224 g/mol. The fourth-order valence-corrected chi connectivity index (χ4v) is 1.68. The smallest absolute Gasteiger partial charge is 0.288 e. The number of carbonyl (C=O) groups is 2. The lowest BCUT2D eigenvalue weighted by Crippen LogP contribution is -2.25. The zero-order chi connectivity index (χ0) is 10.8. The number of hydrogen-bond acceptors (Lipinski definition) is 5. The van der Waals surface area contributed by atoms with E-state index in [0.717, 1.165) is 10.7 Å². The van der Waals surface area contributed by atoms with Gasteiger partial charge >= 0.3 is 11.8 Å². The quantitative estimate of drug-likeness (QED) is 0.667. The number of aliphatic imine (C=N–C) groups is 1. The number of nitrogens with one attached hydrogen (secondary N) is 2. The third kappa shape index (κ3) is 2.18. The van der Waals surface area contributed by atoms with Crippen molar-refractivity contribution in [3.63, 3.8) is 0 Å². The van der Waals surface area contributed by atoms with Crippen LogP contribution in [0.15, 0.2) is 10.4 Å². The Morgan fingerprint density at radius 3 is 2.60 bits per heavy atom. The highest BCUT2D eigenvalue weighted by atomic mass is 32.1. The van der Waals surface area contributed by atoms with Crippen LogP contribution in [0.25, 0.3) is 0 Å². The maximum atomic E-state index is 10.8. The van der Waals surface area contributed by atoms with E-state index in [2.05, 4.69) is 20.6 Å². The van der Waals surface area contributed by atoms with Crippen LogP contribution in [0.1, 0.15) is 10.7 Å². The standard InChI is InChI=1S/C8H8N4O2S/c1-4-10-5(3-15-4)2-9-8-11-6(13)7(14)12-8/h3H,2H2,1H3,(H2,9,11,12,13,14). The minimum atomic E-state index is -0.678. The van der Waals surface area contributed by atoms with Crippen LogP contribution in [-0.4, -0.2) is 22.8 Å². The van der Waals surface area contributed by atoms with Crippen molar-refractivity contribution in [2.45, 2.75) is 13.5 Å². The highest BCUT2D eigenvalue weighted by molar-refractivity contribution is 7.09.